The number of likely N-dealkylation sites (tertiary alicyclic amines) is 1. The predicted octanol–water partition coefficient (Wildman–Crippen LogP) is 5.14. The van der Waals surface area contributed by atoms with Crippen LogP contribution in [0.25, 0.3) is 0 Å². The average molecular weight is 871 g/mol. The van der Waals surface area contributed by atoms with Crippen molar-refractivity contribution >= 4 is 45.0 Å². The third kappa shape index (κ3) is 9.79. The fourth-order valence-electron chi connectivity index (χ4n) is 8.47. The third-order valence-electron chi connectivity index (χ3n) is 11.6. The molecule has 1 unspecified atom stereocenters. The highest BCUT2D eigenvalue weighted by Gasteiger charge is 2.40. The summed E-state index contributed by atoms with van der Waals surface area (Å²) in [5.74, 6) is -5.37. The highest BCUT2D eigenvalue weighted by Crippen LogP contribution is 2.38. The molecular formula is C39H45F7N8O5S. The van der Waals surface area contributed by atoms with E-state index < -0.39 is 91.4 Å². The number of carbonyl (C=O) groups is 2. The summed E-state index contributed by atoms with van der Waals surface area (Å²) in [5, 5.41) is 15.1. The summed E-state index contributed by atoms with van der Waals surface area (Å²) in [6.45, 7) is 3.16. The number of rotatable bonds is 10. The zero-order valence-electron chi connectivity index (χ0n) is 32.5. The van der Waals surface area contributed by atoms with Gasteiger partial charge in [0.2, 0.25) is 27.8 Å². The summed E-state index contributed by atoms with van der Waals surface area (Å²) in [5.41, 5.74) is -2.75. The Bertz CT molecular complexity index is 2220. The van der Waals surface area contributed by atoms with Gasteiger partial charge in [0, 0.05) is 63.5 Å². The van der Waals surface area contributed by atoms with Crippen LogP contribution in [0.1, 0.15) is 68.9 Å². The standard InChI is InChI=1S/C39H45F7N8O5S/c1-38(57)10-2-11-54(21-38)35-26(39(44,45)46)18-47-37(50-35)48-31-5-3-23(15-28(31)41)60(58,59)51-32-9-12-52(20-30(32)43)19-22-7-13-53(14-8-22)33-17-27(40)25(16-29(33)42)24-4-6-34(55)49-36(24)56/h3,5,15-18,22,24,30,32,51,57H,2,4,6-14,19-21H2,1H3,(H,47,48,50)(H,49,55,56)/t24?,30-,32+,38-/m0/s1. The van der Waals surface area contributed by atoms with Crippen LogP contribution in [0, 0.1) is 23.4 Å². The molecule has 4 aliphatic heterocycles. The first-order valence-electron chi connectivity index (χ1n) is 19.7. The molecule has 13 nitrogen and oxygen atoms in total. The fourth-order valence-corrected chi connectivity index (χ4v) is 9.77. The molecular weight excluding hydrogens is 826 g/mol. The maximum Gasteiger partial charge on any atom is 0.421 e. The quantitative estimate of drug-likeness (QED) is 0.158. The number of nitrogens with one attached hydrogen (secondary N) is 3. The van der Waals surface area contributed by atoms with Gasteiger partial charge in [0.15, 0.2) is 0 Å². The Morgan fingerprint density at radius 2 is 1.72 bits per heavy atom. The van der Waals surface area contributed by atoms with Gasteiger partial charge in [-0.2, -0.15) is 18.2 Å². The number of halogens is 7. The van der Waals surface area contributed by atoms with E-state index in [4.69, 9.17) is 0 Å². The van der Waals surface area contributed by atoms with Gasteiger partial charge >= 0.3 is 6.18 Å². The van der Waals surface area contributed by atoms with Gasteiger partial charge < -0.3 is 25.1 Å². The summed E-state index contributed by atoms with van der Waals surface area (Å²) in [6, 6.07) is 3.79. The van der Waals surface area contributed by atoms with Crippen LogP contribution >= 0.6 is 0 Å². The van der Waals surface area contributed by atoms with Crippen LogP contribution in [-0.2, 0) is 25.8 Å². The minimum atomic E-state index is -4.81. The number of nitrogens with zero attached hydrogens (tertiary/aromatic N) is 5. The Hall–Kier alpha value is -4.60. The van der Waals surface area contributed by atoms with Crippen LogP contribution in [0.3, 0.4) is 0 Å². The van der Waals surface area contributed by atoms with Crippen molar-refractivity contribution in [3.05, 3.63) is 65.1 Å². The fraction of sp³-hybridized carbons (Fsp3) is 0.538. The number of hydrogen-bond donors (Lipinski definition) is 4. The highest BCUT2D eigenvalue weighted by atomic mass is 32.2. The normalized spacial score (nSPS) is 25.1. The molecule has 2 amide bonds. The Labute approximate surface area is 341 Å². The van der Waals surface area contributed by atoms with Crippen molar-refractivity contribution in [1.82, 2.24) is 24.9 Å². The van der Waals surface area contributed by atoms with E-state index in [0.717, 1.165) is 24.3 Å². The van der Waals surface area contributed by atoms with E-state index in [0.29, 0.717) is 64.1 Å². The molecule has 4 atom stereocenters. The lowest BCUT2D eigenvalue weighted by atomic mass is 9.89. The average Bonchev–Trinajstić information content (AvgIpc) is 3.17. The van der Waals surface area contributed by atoms with Crippen molar-refractivity contribution in [1.29, 1.82) is 0 Å². The number of carbonyl (C=O) groups excluding carboxylic acids is 2. The van der Waals surface area contributed by atoms with Crippen LogP contribution < -0.4 is 25.2 Å². The molecule has 4 saturated heterocycles. The van der Waals surface area contributed by atoms with Crippen LogP contribution in [0.15, 0.2) is 41.4 Å². The third-order valence-corrected chi connectivity index (χ3v) is 13.1. The molecule has 7 rings (SSSR count). The maximum absolute atomic E-state index is 15.5. The van der Waals surface area contributed by atoms with E-state index in [9.17, 15) is 36.3 Å². The number of benzene rings is 2. The number of alkyl halides is 4. The topological polar surface area (TPSA) is 160 Å². The van der Waals surface area contributed by atoms with E-state index in [2.05, 4.69) is 25.3 Å². The zero-order chi connectivity index (χ0) is 43.1. The van der Waals surface area contributed by atoms with Gasteiger partial charge in [0.1, 0.15) is 35.0 Å². The molecule has 4 N–H and O–H groups in total. The first-order valence-corrected chi connectivity index (χ1v) is 21.2. The zero-order valence-corrected chi connectivity index (χ0v) is 33.4. The minimum absolute atomic E-state index is 0.0312. The van der Waals surface area contributed by atoms with Gasteiger partial charge in [-0.05, 0) is 82.2 Å². The summed E-state index contributed by atoms with van der Waals surface area (Å²) in [6.07, 6.45) is -3.64. The number of aromatic nitrogens is 2. The largest absolute Gasteiger partial charge is 0.421 e. The molecule has 0 spiro atoms. The smallest absolute Gasteiger partial charge is 0.388 e. The number of sulfonamides is 1. The van der Waals surface area contributed by atoms with Gasteiger partial charge in [0.25, 0.3) is 0 Å². The first kappa shape index (κ1) is 43.5. The molecule has 5 heterocycles. The molecule has 2 aromatic carbocycles. The molecule has 0 bridgehead atoms. The molecule has 0 radical (unpaired) electrons. The second-order valence-electron chi connectivity index (χ2n) is 16.3. The predicted molar refractivity (Wildman–Crippen MR) is 205 cm³/mol. The molecule has 326 valence electrons. The van der Waals surface area contributed by atoms with Crippen LogP contribution in [0.2, 0.25) is 0 Å². The number of aliphatic hydroxyl groups is 1. The molecule has 4 fully saturated rings. The Morgan fingerprint density at radius 3 is 2.38 bits per heavy atom. The van der Waals surface area contributed by atoms with Crippen LogP contribution in [0.5, 0.6) is 0 Å². The van der Waals surface area contributed by atoms with Crippen molar-refractivity contribution in [3.63, 3.8) is 0 Å². The number of anilines is 4. The van der Waals surface area contributed by atoms with Gasteiger partial charge in [-0.25, -0.2) is 35.7 Å². The number of hydrogen-bond acceptors (Lipinski definition) is 11. The van der Waals surface area contributed by atoms with Crippen molar-refractivity contribution in [2.24, 2.45) is 5.92 Å². The molecule has 3 aromatic rings. The number of amides is 2. The summed E-state index contributed by atoms with van der Waals surface area (Å²) >= 11 is 0. The van der Waals surface area contributed by atoms with Gasteiger partial charge in [-0.3, -0.25) is 14.9 Å². The lowest BCUT2D eigenvalue weighted by molar-refractivity contribution is -0.138. The molecule has 0 saturated carbocycles. The Kier molecular flexibility index (Phi) is 12.4. The van der Waals surface area contributed by atoms with E-state index in [1.54, 1.807) is 4.90 Å². The first-order chi connectivity index (χ1) is 28.3. The molecule has 21 heteroatoms. The van der Waals surface area contributed by atoms with Crippen molar-refractivity contribution < 1.29 is 53.8 Å². The van der Waals surface area contributed by atoms with Crippen LogP contribution in [-0.4, -0.2) is 104 Å². The Balaban J connectivity index is 0.917. The number of imide groups is 1. The monoisotopic (exact) mass is 870 g/mol. The maximum atomic E-state index is 15.5. The van der Waals surface area contributed by atoms with Crippen molar-refractivity contribution in [2.75, 3.05) is 60.9 Å². The van der Waals surface area contributed by atoms with Crippen molar-refractivity contribution in [3.8, 4) is 0 Å². The number of β-amino-alcohol motifs (C(OH)–C–C–N with tert-alkyl or cyclic N) is 1. The SMILES string of the molecule is C[C@]1(O)CCCN(c2nc(Nc3ccc(S(=O)(=O)N[C@@H]4CCN(CC5CCN(c6cc(F)c(C7CCC(=O)NC7=O)cc6F)CC5)C[C@@H]4F)cc3F)ncc2C(F)(F)F)C1. The second kappa shape index (κ2) is 17.0. The second-order valence-corrected chi connectivity index (χ2v) is 18.0. The van der Waals surface area contributed by atoms with Gasteiger partial charge in [-0.15, -0.1) is 0 Å². The van der Waals surface area contributed by atoms with E-state index >= 15 is 17.6 Å². The number of piperidine rings is 4. The lowest BCUT2D eigenvalue weighted by Crippen LogP contribution is -2.53. The van der Waals surface area contributed by atoms with Crippen molar-refractivity contribution in [2.45, 2.75) is 86.7 Å². The lowest BCUT2D eigenvalue weighted by Gasteiger charge is -2.39. The van der Waals surface area contributed by atoms with Gasteiger partial charge in [0.05, 0.1) is 33.8 Å². The Morgan fingerprint density at radius 1 is 0.967 bits per heavy atom. The molecule has 1 aromatic heterocycles. The summed E-state index contributed by atoms with van der Waals surface area (Å²) in [4.78, 5) is 35.8. The van der Waals surface area contributed by atoms with E-state index in [1.807, 2.05) is 4.90 Å². The van der Waals surface area contributed by atoms with Crippen LogP contribution in [0.4, 0.5) is 53.9 Å². The van der Waals surface area contributed by atoms with E-state index in [-0.39, 0.29) is 61.8 Å². The summed E-state index contributed by atoms with van der Waals surface area (Å²) < 4.78 is 132. The van der Waals surface area contributed by atoms with Gasteiger partial charge in [-0.1, -0.05) is 0 Å². The minimum Gasteiger partial charge on any atom is -0.388 e. The molecule has 60 heavy (non-hydrogen) atoms. The van der Waals surface area contributed by atoms with E-state index in [1.165, 1.54) is 11.8 Å². The molecule has 4 aliphatic rings. The summed E-state index contributed by atoms with van der Waals surface area (Å²) in [7, 11) is -4.42. The molecule has 0 aliphatic carbocycles. The highest BCUT2D eigenvalue weighted by molar-refractivity contribution is 7.89.